The summed E-state index contributed by atoms with van der Waals surface area (Å²) in [7, 11) is 0. The van der Waals surface area contributed by atoms with Crippen LogP contribution in [-0.2, 0) is 6.54 Å². The second kappa shape index (κ2) is 6.06. The molecule has 3 nitrogen and oxygen atoms in total. The van der Waals surface area contributed by atoms with Gasteiger partial charge in [-0.15, -0.1) is 0 Å². The zero-order chi connectivity index (χ0) is 14.8. The highest BCUT2D eigenvalue weighted by atomic mass is 35.5. The van der Waals surface area contributed by atoms with Gasteiger partial charge in [-0.2, -0.15) is 0 Å². The Morgan fingerprint density at radius 2 is 2.10 bits per heavy atom. The smallest absolute Gasteiger partial charge is 0.137 e. The van der Waals surface area contributed by atoms with Crippen molar-refractivity contribution in [3.63, 3.8) is 0 Å². The van der Waals surface area contributed by atoms with Crippen LogP contribution in [0.15, 0.2) is 48.8 Å². The number of rotatable bonds is 4. The normalized spacial score (nSPS) is 12.7. The van der Waals surface area contributed by atoms with Crippen LogP contribution in [0.5, 0.6) is 0 Å². The predicted octanol–water partition coefficient (Wildman–Crippen LogP) is 4.49. The van der Waals surface area contributed by atoms with Gasteiger partial charge in [0.2, 0.25) is 0 Å². The number of nitrogens with one attached hydrogen (secondary N) is 1. The third-order valence-electron chi connectivity index (χ3n) is 3.43. The summed E-state index contributed by atoms with van der Waals surface area (Å²) >= 11 is 12.1. The first-order valence-corrected chi connectivity index (χ1v) is 7.50. The van der Waals surface area contributed by atoms with Crippen LogP contribution in [-0.4, -0.2) is 9.38 Å². The van der Waals surface area contributed by atoms with Gasteiger partial charge in [-0.1, -0.05) is 35.3 Å². The molecule has 1 aromatic carbocycles. The molecule has 0 fully saturated rings. The molecular weight excluding hydrogens is 305 g/mol. The van der Waals surface area contributed by atoms with E-state index in [0.29, 0.717) is 16.6 Å². The average Bonchev–Trinajstić information content (AvgIpc) is 2.87. The maximum atomic E-state index is 6.23. The van der Waals surface area contributed by atoms with E-state index in [-0.39, 0.29) is 6.04 Å². The van der Waals surface area contributed by atoms with Crippen LogP contribution in [0, 0.1) is 0 Å². The van der Waals surface area contributed by atoms with Crippen molar-refractivity contribution >= 4 is 28.8 Å². The lowest BCUT2D eigenvalue weighted by Crippen LogP contribution is -2.18. The Morgan fingerprint density at radius 3 is 2.86 bits per heavy atom. The second-order valence-corrected chi connectivity index (χ2v) is 5.81. The van der Waals surface area contributed by atoms with Gasteiger partial charge in [0.15, 0.2) is 0 Å². The minimum Gasteiger partial charge on any atom is -0.307 e. The van der Waals surface area contributed by atoms with E-state index in [9.17, 15) is 0 Å². The highest BCUT2D eigenvalue weighted by Crippen LogP contribution is 2.26. The van der Waals surface area contributed by atoms with E-state index in [2.05, 4.69) is 17.2 Å². The maximum Gasteiger partial charge on any atom is 0.137 e. The fourth-order valence-electron chi connectivity index (χ4n) is 2.29. The molecule has 0 aliphatic rings. The Kier molecular flexibility index (Phi) is 4.15. The summed E-state index contributed by atoms with van der Waals surface area (Å²) in [6.45, 7) is 2.76. The Bertz CT molecular complexity index is 734. The van der Waals surface area contributed by atoms with Crippen molar-refractivity contribution in [1.82, 2.24) is 14.7 Å². The lowest BCUT2D eigenvalue weighted by atomic mass is 10.1. The minimum absolute atomic E-state index is 0.125. The number of pyridine rings is 1. The van der Waals surface area contributed by atoms with Crippen molar-refractivity contribution in [1.29, 1.82) is 0 Å². The average molecular weight is 320 g/mol. The highest BCUT2D eigenvalue weighted by molar-refractivity contribution is 6.35. The van der Waals surface area contributed by atoms with E-state index in [1.807, 2.05) is 47.1 Å². The number of fused-ring (bicyclic) bond motifs is 1. The molecule has 3 aromatic rings. The molecule has 0 radical (unpaired) electrons. The first-order chi connectivity index (χ1) is 10.1. The molecule has 3 rings (SSSR count). The molecule has 1 unspecified atom stereocenters. The van der Waals surface area contributed by atoms with E-state index in [1.165, 1.54) is 0 Å². The van der Waals surface area contributed by atoms with E-state index < -0.39 is 0 Å². The first-order valence-electron chi connectivity index (χ1n) is 6.74. The number of nitrogens with zero attached hydrogens (tertiary/aromatic N) is 2. The van der Waals surface area contributed by atoms with Crippen LogP contribution >= 0.6 is 23.2 Å². The van der Waals surface area contributed by atoms with E-state index in [1.54, 1.807) is 6.07 Å². The molecule has 0 aliphatic carbocycles. The third kappa shape index (κ3) is 3.21. The Morgan fingerprint density at radius 1 is 1.24 bits per heavy atom. The van der Waals surface area contributed by atoms with E-state index in [0.717, 1.165) is 16.9 Å². The molecule has 0 bridgehead atoms. The molecule has 21 heavy (non-hydrogen) atoms. The van der Waals surface area contributed by atoms with Gasteiger partial charge >= 0.3 is 0 Å². The van der Waals surface area contributed by atoms with Crippen LogP contribution in [0.2, 0.25) is 10.0 Å². The summed E-state index contributed by atoms with van der Waals surface area (Å²) in [4.78, 5) is 4.56. The molecule has 2 aromatic heterocycles. The molecular formula is C16H15Cl2N3. The topological polar surface area (TPSA) is 29.3 Å². The maximum absolute atomic E-state index is 6.23. The van der Waals surface area contributed by atoms with E-state index >= 15 is 0 Å². The van der Waals surface area contributed by atoms with Crippen LogP contribution in [0.25, 0.3) is 5.65 Å². The molecule has 108 valence electrons. The van der Waals surface area contributed by atoms with Crippen LogP contribution in [0.4, 0.5) is 0 Å². The molecule has 0 saturated carbocycles. The molecule has 1 atom stereocenters. The Balaban J connectivity index is 1.71. The van der Waals surface area contributed by atoms with Gasteiger partial charge in [0, 0.05) is 35.0 Å². The van der Waals surface area contributed by atoms with Gasteiger partial charge in [-0.25, -0.2) is 4.98 Å². The number of benzene rings is 1. The number of hydrogen-bond donors (Lipinski definition) is 1. The van der Waals surface area contributed by atoms with Gasteiger partial charge in [-0.05, 0) is 36.8 Å². The lowest BCUT2D eigenvalue weighted by Gasteiger charge is -2.15. The fraction of sp³-hybridized carbons (Fsp3) is 0.188. The molecule has 5 heteroatoms. The molecule has 0 saturated heterocycles. The molecule has 1 N–H and O–H groups in total. The quantitative estimate of drug-likeness (QED) is 0.767. The van der Waals surface area contributed by atoms with Crippen molar-refractivity contribution in [3.05, 3.63) is 70.1 Å². The van der Waals surface area contributed by atoms with Gasteiger partial charge in [0.1, 0.15) is 5.65 Å². The Labute approximate surface area is 133 Å². The van der Waals surface area contributed by atoms with Crippen LogP contribution in [0.3, 0.4) is 0 Å². The number of halogens is 2. The van der Waals surface area contributed by atoms with Crippen molar-refractivity contribution in [2.24, 2.45) is 0 Å². The van der Waals surface area contributed by atoms with Crippen molar-refractivity contribution < 1.29 is 0 Å². The predicted molar refractivity (Wildman–Crippen MR) is 86.9 cm³/mol. The summed E-state index contributed by atoms with van der Waals surface area (Å²) in [6.07, 6.45) is 4.02. The lowest BCUT2D eigenvalue weighted by molar-refractivity contribution is 0.569. The fourth-order valence-corrected chi connectivity index (χ4v) is 2.86. The molecule has 0 spiro atoms. The van der Waals surface area contributed by atoms with Crippen molar-refractivity contribution in [2.75, 3.05) is 0 Å². The standard InChI is InChI=1S/C16H15Cl2N3/c1-11(14-6-5-12(17)8-15(14)18)19-9-13-10-21-7-3-2-4-16(21)20-13/h2-8,10-11,19H,9H2,1H3. The third-order valence-corrected chi connectivity index (χ3v) is 3.99. The van der Waals surface area contributed by atoms with Gasteiger partial charge in [0.25, 0.3) is 0 Å². The number of imidazole rings is 1. The molecule has 0 amide bonds. The zero-order valence-corrected chi connectivity index (χ0v) is 13.1. The molecule has 0 aliphatic heterocycles. The summed E-state index contributed by atoms with van der Waals surface area (Å²) in [6, 6.07) is 11.7. The summed E-state index contributed by atoms with van der Waals surface area (Å²) < 4.78 is 2.01. The summed E-state index contributed by atoms with van der Waals surface area (Å²) in [5.41, 5.74) is 2.98. The number of hydrogen-bond acceptors (Lipinski definition) is 2. The highest BCUT2D eigenvalue weighted by Gasteiger charge is 2.10. The van der Waals surface area contributed by atoms with Gasteiger partial charge in [-0.3, -0.25) is 0 Å². The van der Waals surface area contributed by atoms with E-state index in [4.69, 9.17) is 23.2 Å². The number of aromatic nitrogens is 2. The summed E-state index contributed by atoms with van der Waals surface area (Å²) in [5.74, 6) is 0. The molecule has 2 heterocycles. The summed E-state index contributed by atoms with van der Waals surface area (Å²) in [5, 5.41) is 4.76. The van der Waals surface area contributed by atoms with Crippen molar-refractivity contribution in [3.8, 4) is 0 Å². The van der Waals surface area contributed by atoms with Crippen LogP contribution in [0.1, 0.15) is 24.2 Å². The van der Waals surface area contributed by atoms with Gasteiger partial charge < -0.3 is 9.72 Å². The minimum atomic E-state index is 0.125. The van der Waals surface area contributed by atoms with Crippen molar-refractivity contribution in [2.45, 2.75) is 19.5 Å². The largest absolute Gasteiger partial charge is 0.307 e. The van der Waals surface area contributed by atoms with Crippen LogP contribution < -0.4 is 5.32 Å². The SMILES string of the molecule is CC(NCc1cn2ccccc2n1)c1ccc(Cl)cc1Cl. The second-order valence-electron chi connectivity index (χ2n) is 4.97. The van der Waals surface area contributed by atoms with Gasteiger partial charge in [0.05, 0.1) is 5.69 Å². The monoisotopic (exact) mass is 319 g/mol. The Hall–Kier alpha value is -1.55. The first kappa shape index (κ1) is 14.4. The zero-order valence-electron chi connectivity index (χ0n) is 11.6.